The Bertz CT molecular complexity index is 805. The van der Waals surface area contributed by atoms with Crippen molar-refractivity contribution in [2.45, 2.75) is 26.8 Å². The van der Waals surface area contributed by atoms with Gasteiger partial charge in [-0.2, -0.15) is 0 Å². The molecule has 1 aliphatic heterocycles. The fourth-order valence-corrected chi connectivity index (χ4v) is 3.09. The van der Waals surface area contributed by atoms with E-state index in [1.54, 1.807) is 6.07 Å². The molecule has 28 heavy (non-hydrogen) atoms. The summed E-state index contributed by atoms with van der Waals surface area (Å²) in [5.74, 6) is 2.64. The van der Waals surface area contributed by atoms with Crippen LogP contribution < -0.4 is 24.3 Å². The van der Waals surface area contributed by atoms with Crippen LogP contribution in [0, 0.1) is 5.92 Å². The van der Waals surface area contributed by atoms with E-state index in [4.69, 9.17) is 18.9 Å². The molecule has 0 aliphatic carbocycles. The fourth-order valence-electron chi connectivity index (χ4n) is 3.09. The lowest BCUT2D eigenvalue weighted by molar-refractivity contribution is -0.124. The predicted molar refractivity (Wildman–Crippen MR) is 106 cm³/mol. The van der Waals surface area contributed by atoms with E-state index < -0.39 is 0 Å². The number of fused-ring (bicyclic) bond motifs is 1. The number of amides is 1. The molecule has 150 valence electrons. The first-order valence-corrected chi connectivity index (χ1v) is 9.62. The highest BCUT2D eigenvalue weighted by molar-refractivity contribution is 5.78. The zero-order chi connectivity index (χ0) is 19.9. The van der Waals surface area contributed by atoms with Crippen LogP contribution in [-0.2, 0) is 4.79 Å². The quantitative estimate of drug-likeness (QED) is 0.750. The maximum Gasteiger partial charge on any atom is 0.258 e. The normalized spacial score (nSPS) is 13.7. The number of nitrogens with one attached hydrogen (secondary N) is 1. The van der Waals surface area contributed by atoms with Crippen molar-refractivity contribution >= 4 is 5.91 Å². The van der Waals surface area contributed by atoms with E-state index >= 15 is 0 Å². The summed E-state index contributed by atoms with van der Waals surface area (Å²) in [6.45, 7) is 7.56. The molecule has 0 aromatic heterocycles. The Balaban J connectivity index is 1.65. The molecule has 1 atom stereocenters. The van der Waals surface area contributed by atoms with Gasteiger partial charge in [-0.05, 0) is 42.7 Å². The summed E-state index contributed by atoms with van der Waals surface area (Å²) in [6, 6.07) is 13.0. The third-order valence-electron chi connectivity index (χ3n) is 4.42. The molecule has 0 saturated heterocycles. The molecule has 1 amide bonds. The smallest absolute Gasteiger partial charge is 0.258 e. The predicted octanol–water partition coefficient (Wildman–Crippen LogP) is 3.75. The highest BCUT2D eigenvalue weighted by Crippen LogP contribution is 2.34. The second-order valence-corrected chi connectivity index (χ2v) is 6.86. The highest BCUT2D eigenvalue weighted by atomic mass is 16.6. The number of hydrogen-bond acceptors (Lipinski definition) is 5. The van der Waals surface area contributed by atoms with E-state index in [-0.39, 0.29) is 24.5 Å². The summed E-state index contributed by atoms with van der Waals surface area (Å²) in [5, 5.41) is 3.06. The Morgan fingerprint density at radius 2 is 1.71 bits per heavy atom. The molecular formula is C22H27NO5. The Morgan fingerprint density at radius 1 is 1.04 bits per heavy atom. The van der Waals surface area contributed by atoms with Crippen molar-refractivity contribution in [1.82, 2.24) is 5.32 Å². The molecule has 0 unspecified atom stereocenters. The lowest BCUT2D eigenvalue weighted by atomic mass is 9.95. The number of carbonyl (C=O) groups is 1. The summed E-state index contributed by atoms with van der Waals surface area (Å²) in [7, 11) is 0. The Hall–Kier alpha value is -2.89. The van der Waals surface area contributed by atoms with Crippen LogP contribution in [0.15, 0.2) is 42.5 Å². The van der Waals surface area contributed by atoms with E-state index in [2.05, 4.69) is 19.2 Å². The summed E-state index contributed by atoms with van der Waals surface area (Å²) in [4.78, 5) is 12.5. The number of carbonyl (C=O) groups excluding carboxylic acids is 1. The number of hydrogen-bond donors (Lipinski definition) is 1. The third kappa shape index (κ3) is 4.88. The summed E-state index contributed by atoms with van der Waals surface area (Å²) >= 11 is 0. The molecule has 0 fully saturated rings. The Kier molecular flexibility index (Phi) is 6.63. The van der Waals surface area contributed by atoms with Crippen LogP contribution in [0.25, 0.3) is 0 Å². The molecule has 6 heteroatoms. The van der Waals surface area contributed by atoms with Gasteiger partial charge in [0.05, 0.1) is 12.6 Å². The van der Waals surface area contributed by atoms with Crippen LogP contribution in [-0.4, -0.2) is 32.3 Å². The average molecular weight is 385 g/mol. The Labute approximate surface area is 165 Å². The second kappa shape index (κ2) is 9.35. The van der Waals surface area contributed by atoms with Gasteiger partial charge in [-0.1, -0.05) is 32.0 Å². The van der Waals surface area contributed by atoms with Gasteiger partial charge in [0.1, 0.15) is 13.2 Å². The largest absolute Gasteiger partial charge is 0.490 e. The minimum absolute atomic E-state index is 0.0855. The van der Waals surface area contributed by atoms with Gasteiger partial charge in [-0.15, -0.1) is 0 Å². The molecule has 2 aromatic carbocycles. The highest BCUT2D eigenvalue weighted by Gasteiger charge is 2.22. The van der Waals surface area contributed by atoms with Gasteiger partial charge in [0.25, 0.3) is 5.91 Å². The lowest BCUT2D eigenvalue weighted by Gasteiger charge is -2.25. The van der Waals surface area contributed by atoms with Crippen molar-refractivity contribution in [3.8, 4) is 23.0 Å². The second-order valence-electron chi connectivity index (χ2n) is 6.86. The van der Waals surface area contributed by atoms with Crippen LogP contribution in [0.1, 0.15) is 32.4 Å². The van der Waals surface area contributed by atoms with Crippen LogP contribution >= 0.6 is 0 Å². The molecule has 1 heterocycles. The Morgan fingerprint density at radius 3 is 2.39 bits per heavy atom. The molecule has 3 rings (SSSR count). The molecule has 0 radical (unpaired) electrons. The van der Waals surface area contributed by atoms with Gasteiger partial charge in [-0.3, -0.25) is 4.79 Å². The number of para-hydroxylation sites is 2. The first-order valence-electron chi connectivity index (χ1n) is 9.62. The molecule has 0 saturated carbocycles. The zero-order valence-corrected chi connectivity index (χ0v) is 16.6. The molecule has 2 aromatic rings. The molecule has 0 bridgehead atoms. The molecular weight excluding hydrogens is 358 g/mol. The van der Waals surface area contributed by atoms with Crippen molar-refractivity contribution in [3.63, 3.8) is 0 Å². The lowest BCUT2D eigenvalue weighted by Crippen LogP contribution is -2.35. The number of rotatable bonds is 8. The topological polar surface area (TPSA) is 66.0 Å². The van der Waals surface area contributed by atoms with E-state index in [1.165, 1.54) is 0 Å². The van der Waals surface area contributed by atoms with E-state index in [0.29, 0.717) is 37.1 Å². The van der Waals surface area contributed by atoms with Gasteiger partial charge >= 0.3 is 0 Å². The van der Waals surface area contributed by atoms with Crippen molar-refractivity contribution in [2.75, 3.05) is 26.4 Å². The van der Waals surface area contributed by atoms with Gasteiger partial charge < -0.3 is 24.3 Å². The van der Waals surface area contributed by atoms with Crippen molar-refractivity contribution in [1.29, 1.82) is 0 Å². The summed E-state index contributed by atoms with van der Waals surface area (Å²) in [5.41, 5.74) is 0.974. The van der Waals surface area contributed by atoms with Gasteiger partial charge in [0.15, 0.2) is 29.6 Å². The maximum absolute atomic E-state index is 12.5. The van der Waals surface area contributed by atoms with E-state index in [9.17, 15) is 4.79 Å². The van der Waals surface area contributed by atoms with E-state index in [1.807, 2.05) is 43.3 Å². The SMILES string of the molecule is CCOc1ccccc1OCC(=O)N[C@H](c1ccc2c(c1)OCCO2)C(C)C. The van der Waals surface area contributed by atoms with Crippen molar-refractivity contribution in [3.05, 3.63) is 48.0 Å². The molecule has 1 N–H and O–H groups in total. The number of benzene rings is 2. The van der Waals surface area contributed by atoms with E-state index in [0.717, 1.165) is 11.3 Å². The summed E-state index contributed by atoms with van der Waals surface area (Å²) in [6.07, 6.45) is 0. The first kappa shape index (κ1) is 19.9. The van der Waals surface area contributed by atoms with Gasteiger partial charge in [-0.25, -0.2) is 0 Å². The van der Waals surface area contributed by atoms with Crippen LogP contribution in [0.5, 0.6) is 23.0 Å². The van der Waals surface area contributed by atoms with Crippen LogP contribution in [0.3, 0.4) is 0 Å². The van der Waals surface area contributed by atoms with Crippen LogP contribution in [0.2, 0.25) is 0 Å². The van der Waals surface area contributed by atoms with Gasteiger partial charge in [0, 0.05) is 0 Å². The molecule has 1 aliphatic rings. The third-order valence-corrected chi connectivity index (χ3v) is 4.42. The van der Waals surface area contributed by atoms with Crippen LogP contribution in [0.4, 0.5) is 0 Å². The fraction of sp³-hybridized carbons (Fsp3) is 0.409. The first-order chi connectivity index (χ1) is 13.6. The average Bonchev–Trinajstić information content (AvgIpc) is 2.71. The van der Waals surface area contributed by atoms with Gasteiger partial charge in [0.2, 0.25) is 0 Å². The van der Waals surface area contributed by atoms with Crippen molar-refractivity contribution in [2.24, 2.45) is 5.92 Å². The number of ether oxygens (including phenoxy) is 4. The summed E-state index contributed by atoms with van der Waals surface area (Å²) < 4.78 is 22.4. The maximum atomic E-state index is 12.5. The minimum atomic E-state index is -0.195. The molecule has 6 nitrogen and oxygen atoms in total. The minimum Gasteiger partial charge on any atom is -0.490 e. The monoisotopic (exact) mass is 385 g/mol. The van der Waals surface area contributed by atoms with Crippen molar-refractivity contribution < 1.29 is 23.7 Å². The molecule has 0 spiro atoms. The zero-order valence-electron chi connectivity index (χ0n) is 16.6. The standard InChI is InChI=1S/C22H27NO5/c1-4-25-17-7-5-6-8-18(17)28-14-21(24)23-22(15(2)3)16-9-10-19-20(13-16)27-12-11-26-19/h5-10,13,15,22H,4,11-12,14H2,1-3H3,(H,23,24)/t22-/m0/s1.